The van der Waals surface area contributed by atoms with E-state index >= 15 is 0 Å². The van der Waals surface area contributed by atoms with Gasteiger partial charge in [-0.25, -0.2) is 0 Å². The van der Waals surface area contributed by atoms with Crippen LogP contribution in [-0.4, -0.2) is 11.5 Å². The molecule has 0 fully saturated rings. The molecule has 0 bridgehead atoms. The summed E-state index contributed by atoms with van der Waals surface area (Å²) in [6.07, 6.45) is 2.19. The van der Waals surface area contributed by atoms with E-state index in [1.54, 1.807) is 11.3 Å². The van der Waals surface area contributed by atoms with Crippen molar-refractivity contribution in [1.82, 2.24) is 0 Å². The van der Waals surface area contributed by atoms with Gasteiger partial charge in [-0.15, -0.1) is 34.9 Å². The third-order valence-corrected chi connectivity index (χ3v) is 8.19. The van der Waals surface area contributed by atoms with Crippen LogP contribution in [0.1, 0.15) is 26.7 Å². The van der Waals surface area contributed by atoms with E-state index in [0.29, 0.717) is 0 Å². The highest BCUT2D eigenvalue weighted by molar-refractivity contribution is 8.03. The van der Waals surface area contributed by atoms with Gasteiger partial charge in [-0.3, -0.25) is 4.79 Å². The maximum atomic E-state index is 13.7. The molecule has 0 aliphatic rings. The Hall–Kier alpha value is -1.49. The lowest BCUT2D eigenvalue weighted by Gasteiger charge is -2.15. The molecule has 2 aromatic carbocycles. The third-order valence-electron chi connectivity index (χ3n) is 4.05. The molecular weight excluding hydrogens is 388 g/mol. The molecule has 0 saturated heterocycles. The Kier molecular flexibility index (Phi) is 7.62. The average Bonchev–Trinajstić information content (AvgIpc) is 2.71. The summed E-state index contributed by atoms with van der Waals surface area (Å²) >= 11 is 5.41. The van der Waals surface area contributed by atoms with Crippen LogP contribution in [0.25, 0.3) is 22.3 Å². The van der Waals surface area contributed by atoms with Gasteiger partial charge in [0.25, 0.3) is 0 Å². The summed E-state index contributed by atoms with van der Waals surface area (Å²) in [4.78, 5) is 13.7. The minimum Gasteiger partial charge on any atom is -0.288 e. The summed E-state index contributed by atoms with van der Waals surface area (Å²) in [6, 6.07) is 20.2. The molecule has 1 aromatic heterocycles. The second kappa shape index (κ2) is 10.2. The average molecular weight is 413 g/mol. The first-order chi connectivity index (χ1) is 13.3. The number of hydrogen-bond donors (Lipinski definition) is 0. The van der Waals surface area contributed by atoms with Crippen molar-refractivity contribution in [3.8, 4) is 22.3 Å². The fourth-order valence-corrected chi connectivity index (χ4v) is 6.71. The fourth-order valence-electron chi connectivity index (χ4n) is 2.80. The molecule has 0 aliphatic carbocycles. The molecule has 140 valence electrons. The van der Waals surface area contributed by atoms with Gasteiger partial charge in [0, 0.05) is 0 Å². The Morgan fingerprint density at radius 2 is 1.11 bits per heavy atom. The topological polar surface area (TPSA) is 17.1 Å². The van der Waals surface area contributed by atoms with Crippen LogP contribution in [0.3, 0.4) is 0 Å². The Bertz CT molecular complexity index is 845. The van der Waals surface area contributed by atoms with E-state index in [1.165, 1.54) is 0 Å². The quantitative estimate of drug-likeness (QED) is 0.358. The van der Waals surface area contributed by atoms with Gasteiger partial charge in [0.15, 0.2) is 5.43 Å². The lowest BCUT2D eigenvalue weighted by molar-refractivity contribution is 1.11. The summed E-state index contributed by atoms with van der Waals surface area (Å²) in [5, 5.41) is 0. The Morgan fingerprint density at radius 3 is 1.48 bits per heavy atom. The molecule has 0 unspecified atom stereocenters. The van der Waals surface area contributed by atoms with Crippen LogP contribution in [0.4, 0.5) is 0 Å². The second-order valence-electron chi connectivity index (χ2n) is 6.19. The van der Waals surface area contributed by atoms with E-state index in [2.05, 4.69) is 13.8 Å². The van der Waals surface area contributed by atoms with Crippen molar-refractivity contribution in [3.05, 3.63) is 70.9 Å². The van der Waals surface area contributed by atoms with Gasteiger partial charge in [-0.1, -0.05) is 74.5 Å². The molecule has 4 heteroatoms. The second-order valence-corrected chi connectivity index (χ2v) is 9.93. The van der Waals surface area contributed by atoms with Crippen molar-refractivity contribution in [2.45, 2.75) is 35.1 Å². The smallest absolute Gasteiger partial charge is 0.198 e. The first-order valence-corrected chi connectivity index (χ1v) is 12.1. The maximum Gasteiger partial charge on any atom is 0.198 e. The van der Waals surface area contributed by atoms with Gasteiger partial charge >= 0.3 is 0 Å². The van der Waals surface area contributed by atoms with Crippen LogP contribution in [0, 0.1) is 0 Å². The van der Waals surface area contributed by atoms with Gasteiger partial charge in [0.1, 0.15) is 0 Å². The van der Waals surface area contributed by atoms with Gasteiger partial charge in [-0.05, 0) is 35.5 Å². The summed E-state index contributed by atoms with van der Waals surface area (Å²) < 4.78 is 2.29. The molecule has 0 saturated carbocycles. The van der Waals surface area contributed by atoms with Crippen LogP contribution in [-0.2, 0) is 0 Å². The summed E-state index contributed by atoms with van der Waals surface area (Å²) in [7, 11) is 0. The molecule has 0 spiro atoms. The minimum atomic E-state index is 0.156. The fraction of sp³-hybridized carbons (Fsp3) is 0.261. The van der Waals surface area contributed by atoms with Crippen molar-refractivity contribution in [2.75, 3.05) is 11.5 Å². The third kappa shape index (κ3) is 4.87. The van der Waals surface area contributed by atoms with Gasteiger partial charge < -0.3 is 0 Å². The first kappa shape index (κ1) is 20.2. The molecule has 0 radical (unpaired) electrons. The van der Waals surface area contributed by atoms with E-state index in [-0.39, 0.29) is 5.43 Å². The standard InChI is InChI=1S/C23H24OS3/c1-3-15-25-22-19(17-11-7-5-8-12-17)21(24)20(18-13-9-6-10-14-18)23(27-22)26-16-4-2/h5-14H,3-4,15-16H2,1-2H3. The van der Waals surface area contributed by atoms with Crippen molar-refractivity contribution in [3.63, 3.8) is 0 Å². The number of thioether (sulfide) groups is 2. The highest BCUT2D eigenvalue weighted by atomic mass is 32.2. The summed E-state index contributed by atoms with van der Waals surface area (Å²) in [5.41, 5.74) is 3.91. The monoisotopic (exact) mass is 412 g/mol. The van der Waals surface area contributed by atoms with E-state index in [4.69, 9.17) is 0 Å². The zero-order valence-corrected chi connectivity index (χ0v) is 18.2. The molecule has 0 atom stereocenters. The van der Waals surface area contributed by atoms with E-state index < -0.39 is 0 Å². The summed E-state index contributed by atoms with van der Waals surface area (Å²) in [5.74, 6) is 2.05. The van der Waals surface area contributed by atoms with Crippen LogP contribution >= 0.6 is 34.9 Å². The number of benzene rings is 2. The van der Waals surface area contributed by atoms with E-state index in [1.807, 2.05) is 84.2 Å². The Labute approximate surface area is 174 Å². The Balaban J connectivity index is 2.26. The summed E-state index contributed by atoms with van der Waals surface area (Å²) in [6.45, 7) is 4.37. The SMILES string of the molecule is CCCSc1sc(SCCC)c(-c2ccccc2)c(=O)c1-c1ccccc1. The molecule has 1 heterocycles. The van der Waals surface area contributed by atoms with Crippen LogP contribution in [0.5, 0.6) is 0 Å². The normalized spacial score (nSPS) is 10.9. The van der Waals surface area contributed by atoms with Gasteiger partial charge in [-0.2, -0.15) is 0 Å². The molecule has 1 nitrogen and oxygen atoms in total. The van der Waals surface area contributed by atoms with Gasteiger partial charge in [0.2, 0.25) is 0 Å². The van der Waals surface area contributed by atoms with Crippen molar-refractivity contribution in [2.24, 2.45) is 0 Å². The highest BCUT2D eigenvalue weighted by Gasteiger charge is 2.20. The predicted octanol–water partition coefficient (Wildman–Crippen LogP) is 7.45. The van der Waals surface area contributed by atoms with Crippen molar-refractivity contribution >= 4 is 34.9 Å². The van der Waals surface area contributed by atoms with Crippen molar-refractivity contribution in [1.29, 1.82) is 0 Å². The Morgan fingerprint density at radius 1 is 0.704 bits per heavy atom. The van der Waals surface area contributed by atoms with Crippen LogP contribution in [0.2, 0.25) is 0 Å². The lowest BCUT2D eigenvalue weighted by atomic mass is 10.0. The van der Waals surface area contributed by atoms with Crippen molar-refractivity contribution < 1.29 is 0 Å². The molecule has 3 rings (SSSR count). The van der Waals surface area contributed by atoms with E-state index in [9.17, 15) is 4.79 Å². The van der Waals surface area contributed by atoms with Crippen LogP contribution in [0.15, 0.2) is 73.9 Å². The van der Waals surface area contributed by atoms with E-state index in [0.717, 1.165) is 55.0 Å². The molecule has 0 N–H and O–H groups in total. The molecular formula is C23H24OS3. The largest absolute Gasteiger partial charge is 0.288 e. The first-order valence-electron chi connectivity index (χ1n) is 9.33. The maximum absolute atomic E-state index is 13.7. The zero-order chi connectivity index (χ0) is 19.1. The molecule has 0 amide bonds. The predicted molar refractivity (Wildman–Crippen MR) is 123 cm³/mol. The zero-order valence-electron chi connectivity index (χ0n) is 15.7. The number of hydrogen-bond acceptors (Lipinski definition) is 4. The van der Waals surface area contributed by atoms with Crippen LogP contribution < -0.4 is 5.43 Å². The molecule has 27 heavy (non-hydrogen) atoms. The minimum absolute atomic E-state index is 0.156. The highest BCUT2D eigenvalue weighted by Crippen LogP contribution is 2.42. The lowest BCUT2D eigenvalue weighted by Crippen LogP contribution is -2.10. The molecule has 3 aromatic rings. The molecule has 0 aliphatic heterocycles. The number of rotatable bonds is 8. The van der Waals surface area contributed by atoms with Gasteiger partial charge in [0.05, 0.1) is 19.5 Å².